The molecule has 0 fully saturated rings. The summed E-state index contributed by atoms with van der Waals surface area (Å²) in [5.74, 6) is 0. The summed E-state index contributed by atoms with van der Waals surface area (Å²) in [6.45, 7) is 0. The standard InChI is InChI=1S/C48H30OS/c1-2-7-18-37(39-20-9-8-19-38(39)36(17-6-1)31-13-4-3-5-14-31)34-16-12-15-32(27-34)33-24-26-46-43(28-33)44-29-35-23-25-41-40-21-10-11-22-45(40)49-48(41)42(35)30-47(44)50-46/h1-30H. The fourth-order valence-electron chi connectivity index (χ4n) is 7.51. The van der Waals surface area contributed by atoms with E-state index >= 15 is 0 Å². The summed E-state index contributed by atoms with van der Waals surface area (Å²) in [7, 11) is 0. The molecule has 0 aliphatic heterocycles. The Morgan fingerprint density at radius 3 is 1.76 bits per heavy atom. The third-order valence-corrected chi connectivity index (χ3v) is 11.0. The van der Waals surface area contributed by atoms with Crippen LogP contribution in [0.5, 0.6) is 0 Å². The lowest BCUT2D eigenvalue weighted by molar-refractivity contribution is 0.673. The monoisotopic (exact) mass is 654 g/mol. The smallest absolute Gasteiger partial charge is 0.143 e. The fraction of sp³-hybridized carbons (Fsp3) is 0. The highest BCUT2D eigenvalue weighted by Gasteiger charge is 2.14. The van der Waals surface area contributed by atoms with Gasteiger partial charge in [-0.15, -0.1) is 11.3 Å². The van der Waals surface area contributed by atoms with Gasteiger partial charge in [-0.25, -0.2) is 0 Å². The number of hydrogen-bond donors (Lipinski definition) is 0. The molecule has 10 aromatic rings. The maximum atomic E-state index is 6.39. The van der Waals surface area contributed by atoms with Crippen LogP contribution in [-0.2, 0) is 0 Å². The van der Waals surface area contributed by atoms with E-state index in [9.17, 15) is 0 Å². The Morgan fingerprint density at radius 1 is 0.320 bits per heavy atom. The average Bonchev–Trinajstić information content (AvgIpc) is 3.74. The zero-order valence-corrected chi connectivity index (χ0v) is 28.0. The Hall–Kier alpha value is -6.22. The summed E-state index contributed by atoms with van der Waals surface area (Å²) in [6.07, 6.45) is 0. The minimum atomic E-state index is 0.934. The number of fused-ring (bicyclic) bond motifs is 9. The number of thiophene rings is 1. The van der Waals surface area contributed by atoms with Gasteiger partial charge in [0, 0.05) is 36.3 Å². The van der Waals surface area contributed by atoms with Crippen LogP contribution in [0.15, 0.2) is 186 Å². The molecule has 0 aliphatic carbocycles. The van der Waals surface area contributed by atoms with Gasteiger partial charge in [-0.1, -0.05) is 140 Å². The van der Waals surface area contributed by atoms with Crippen molar-refractivity contribution >= 4 is 75.0 Å². The Balaban J connectivity index is 1.13. The first-order valence-electron chi connectivity index (χ1n) is 17.0. The SMILES string of the molecule is c1ccc(-c2ccccccc(-c3cccc(-c4ccc5sc6cc7c(ccc8c9ccccc9oc78)cc6c5c4)c3)c3ccccc23)cc1. The van der Waals surface area contributed by atoms with Gasteiger partial charge in [0.25, 0.3) is 0 Å². The lowest BCUT2D eigenvalue weighted by atomic mass is 9.93. The maximum absolute atomic E-state index is 6.39. The van der Waals surface area contributed by atoms with Gasteiger partial charge in [-0.05, 0) is 92.0 Å². The first-order chi connectivity index (χ1) is 24.8. The first kappa shape index (κ1) is 28.8. The van der Waals surface area contributed by atoms with Crippen LogP contribution in [0.4, 0.5) is 0 Å². The van der Waals surface area contributed by atoms with Gasteiger partial charge in [0.05, 0.1) is 0 Å². The van der Waals surface area contributed by atoms with E-state index in [0.717, 1.165) is 11.2 Å². The molecule has 234 valence electrons. The normalized spacial score (nSPS) is 11.6. The fourth-order valence-corrected chi connectivity index (χ4v) is 8.62. The van der Waals surface area contributed by atoms with Crippen molar-refractivity contribution in [1.82, 2.24) is 0 Å². The van der Waals surface area contributed by atoms with Crippen molar-refractivity contribution in [3.63, 3.8) is 0 Å². The Labute approximate surface area is 293 Å². The molecule has 0 N–H and O–H groups in total. The average molecular weight is 655 g/mol. The molecule has 0 aliphatic rings. The van der Waals surface area contributed by atoms with Crippen LogP contribution in [-0.4, -0.2) is 0 Å². The molecule has 2 heterocycles. The molecule has 8 aromatic carbocycles. The number of rotatable bonds is 3. The van der Waals surface area contributed by atoms with Crippen LogP contribution in [0.1, 0.15) is 0 Å². The van der Waals surface area contributed by atoms with Crippen LogP contribution in [0.3, 0.4) is 0 Å². The minimum Gasteiger partial charge on any atom is -0.455 e. The molecular formula is C48H30OS. The van der Waals surface area contributed by atoms with E-state index in [1.807, 2.05) is 17.4 Å². The molecule has 0 radical (unpaired) electrons. The second-order valence-corrected chi connectivity index (χ2v) is 13.9. The van der Waals surface area contributed by atoms with Gasteiger partial charge in [0.2, 0.25) is 0 Å². The number of benzene rings is 7. The van der Waals surface area contributed by atoms with E-state index in [2.05, 4.69) is 176 Å². The summed E-state index contributed by atoms with van der Waals surface area (Å²) in [6, 6.07) is 65.7. The Bertz CT molecular complexity index is 2980. The van der Waals surface area contributed by atoms with E-state index in [1.165, 1.54) is 85.9 Å². The van der Waals surface area contributed by atoms with Crippen molar-refractivity contribution in [2.24, 2.45) is 0 Å². The molecule has 0 bridgehead atoms. The van der Waals surface area contributed by atoms with Crippen LogP contribution in [0.2, 0.25) is 0 Å². The zero-order valence-electron chi connectivity index (χ0n) is 27.1. The molecular weight excluding hydrogens is 625 g/mol. The van der Waals surface area contributed by atoms with E-state index < -0.39 is 0 Å². The molecule has 0 atom stereocenters. The number of hydrogen-bond acceptors (Lipinski definition) is 2. The molecule has 10 rings (SSSR count). The molecule has 50 heavy (non-hydrogen) atoms. The van der Waals surface area contributed by atoms with E-state index in [-0.39, 0.29) is 0 Å². The third-order valence-electron chi connectivity index (χ3n) is 9.91. The number of furan rings is 1. The molecule has 1 nitrogen and oxygen atoms in total. The van der Waals surface area contributed by atoms with Crippen LogP contribution in [0, 0.1) is 0 Å². The highest BCUT2D eigenvalue weighted by Crippen LogP contribution is 2.42. The molecule has 0 unspecified atom stereocenters. The molecule has 0 spiro atoms. The van der Waals surface area contributed by atoms with Gasteiger partial charge in [0.15, 0.2) is 0 Å². The molecule has 0 amide bonds. The molecule has 0 saturated carbocycles. The second kappa shape index (κ2) is 11.7. The van der Waals surface area contributed by atoms with Crippen molar-refractivity contribution in [3.05, 3.63) is 182 Å². The molecule has 2 heteroatoms. The van der Waals surface area contributed by atoms with Gasteiger partial charge < -0.3 is 4.42 Å². The second-order valence-electron chi connectivity index (χ2n) is 12.8. The van der Waals surface area contributed by atoms with Crippen LogP contribution >= 0.6 is 11.3 Å². The maximum Gasteiger partial charge on any atom is 0.143 e. The largest absolute Gasteiger partial charge is 0.455 e. The Morgan fingerprint density at radius 2 is 0.940 bits per heavy atom. The van der Waals surface area contributed by atoms with Crippen molar-refractivity contribution < 1.29 is 4.42 Å². The van der Waals surface area contributed by atoms with Crippen LogP contribution < -0.4 is 0 Å². The molecule has 2 aromatic heterocycles. The predicted octanol–water partition coefficient (Wildman–Crippen LogP) is 14.4. The lowest BCUT2D eigenvalue weighted by Crippen LogP contribution is -1.84. The minimum absolute atomic E-state index is 0.934. The van der Waals surface area contributed by atoms with Crippen molar-refractivity contribution in [3.8, 4) is 33.4 Å². The first-order valence-corrected chi connectivity index (χ1v) is 17.8. The summed E-state index contributed by atoms with van der Waals surface area (Å²) >= 11 is 1.85. The van der Waals surface area contributed by atoms with Gasteiger partial charge in [-0.2, -0.15) is 0 Å². The van der Waals surface area contributed by atoms with Gasteiger partial charge in [0.1, 0.15) is 11.2 Å². The lowest BCUT2D eigenvalue weighted by Gasteiger charge is -2.11. The van der Waals surface area contributed by atoms with Gasteiger partial charge >= 0.3 is 0 Å². The Kier molecular flexibility index (Phi) is 6.75. The van der Waals surface area contributed by atoms with E-state index in [4.69, 9.17) is 4.42 Å². The topological polar surface area (TPSA) is 13.1 Å². The quantitative estimate of drug-likeness (QED) is 0.185. The predicted molar refractivity (Wildman–Crippen MR) is 216 cm³/mol. The van der Waals surface area contributed by atoms with Crippen LogP contribution in [0.25, 0.3) is 97.0 Å². The van der Waals surface area contributed by atoms with Gasteiger partial charge in [-0.3, -0.25) is 0 Å². The molecule has 0 saturated heterocycles. The van der Waals surface area contributed by atoms with E-state index in [1.54, 1.807) is 0 Å². The highest BCUT2D eigenvalue weighted by atomic mass is 32.1. The zero-order chi connectivity index (χ0) is 33.0. The third kappa shape index (κ3) is 4.76. The highest BCUT2D eigenvalue weighted by molar-refractivity contribution is 7.25. The summed E-state index contributed by atoms with van der Waals surface area (Å²) in [4.78, 5) is 0. The summed E-state index contributed by atoms with van der Waals surface area (Å²) < 4.78 is 8.96. The number of para-hydroxylation sites is 1. The van der Waals surface area contributed by atoms with Crippen molar-refractivity contribution in [1.29, 1.82) is 0 Å². The summed E-state index contributed by atoms with van der Waals surface area (Å²) in [5.41, 5.74) is 9.11. The summed E-state index contributed by atoms with van der Waals surface area (Å²) in [5, 5.41) is 9.70. The van der Waals surface area contributed by atoms with Crippen molar-refractivity contribution in [2.75, 3.05) is 0 Å². The van der Waals surface area contributed by atoms with Crippen molar-refractivity contribution in [2.45, 2.75) is 0 Å². The van der Waals surface area contributed by atoms with E-state index in [0.29, 0.717) is 0 Å².